The van der Waals surface area contributed by atoms with Gasteiger partial charge in [0.25, 0.3) is 0 Å². The summed E-state index contributed by atoms with van der Waals surface area (Å²) >= 11 is 0. The molecule has 0 spiro atoms. The van der Waals surface area contributed by atoms with E-state index in [1.54, 1.807) is 0 Å². The Morgan fingerprint density at radius 1 is 1.10 bits per heavy atom. The average molecular weight is 292 g/mol. The van der Waals surface area contributed by atoms with Gasteiger partial charge in [0.05, 0.1) is 6.10 Å². The van der Waals surface area contributed by atoms with Crippen molar-refractivity contribution in [3.05, 3.63) is 24.3 Å². The van der Waals surface area contributed by atoms with Crippen LogP contribution in [0.4, 0.5) is 0 Å². The van der Waals surface area contributed by atoms with Gasteiger partial charge in [-0.1, -0.05) is 71.1 Å². The number of carbonyl (C=O) groups excluding carboxylic acids is 1. The van der Waals surface area contributed by atoms with Gasteiger partial charge in [-0.2, -0.15) is 0 Å². The van der Waals surface area contributed by atoms with Crippen LogP contribution in [0.15, 0.2) is 24.3 Å². The summed E-state index contributed by atoms with van der Waals surface area (Å²) < 4.78 is 6.36. The van der Waals surface area contributed by atoms with Crippen LogP contribution >= 0.6 is 0 Å². The normalized spacial score (nSPS) is 22.4. The van der Waals surface area contributed by atoms with Crippen LogP contribution in [0.1, 0.15) is 78.6 Å². The number of hydrogen-bond acceptors (Lipinski definition) is 2. The van der Waals surface area contributed by atoms with Crippen LogP contribution in [0, 0.1) is 0 Å². The van der Waals surface area contributed by atoms with Crippen molar-refractivity contribution in [2.75, 3.05) is 0 Å². The molecule has 1 aliphatic rings. The van der Waals surface area contributed by atoms with Crippen molar-refractivity contribution < 1.29 is 9.53 Å². The molecule has 21 heavy (non-hydrogen) atoms. The van der Waals surface area contributed by atoms with Crippen LogP contribution in [-0.2, 0) is 9.53 Å². The van der Waals surface area contributed by atoms with Gasteiger partial charge in [-0.25, -0.2) is 0 Å². The summed E-state index contributed by atoms with van der Waals surface area (Å²) in [6, 6.07) is 0. The quantitative estimate of drug-likeness (QED) is 0.478. The van der Waals surface area contributed by atoms with Crippen molar-refractivity contribution in [2.24, 2.45) is 0 Å². The second-order valence-corrected chi connectivity index (χ2v) is 6.04. The van der Waals surface area contributed by atoms with Crippen LogP contribution in [0.3, 0.4) is 0 Å². The molecule has 2 heteroatoms. The molecule has 2 unspecified atom stereocenters. The maximum absolute atomic E-state index is 12.4. The van der Waals surface area contributed by atoms with Crippen molar-refractivity contribution in [3.8, 4) is 0 Å². The van der Waals surface area contributed by atoms with Gasteiger partial charge in [-0.15, -0.1) is 0 Å². The molecule has 0 heterocycles. The van der Waals surface area contributed by atoms with Crippen molar-refractivity contribution in [1.82, 2.24) is 0 Å². The molecule has 1 rings (SSSR count). The molecule has 0 amide bonds. The Morgan fingerprint density at radius 2 is 1.90 bits per heavy atom. The predicted octanol–water partition coefficient (Wildman–Crippen LogP) is 5.38. The maximum Gasteiger partial charge on any atom is 0.168 e. The summed E-state index contributed by atoms with van der Waals surface area (Å²) in [6.07, 6.45) is 17.6. The Morgan fingerprint density at radius 3 is 2.48 bits per heavy atom. The van der Waals surface area contributed by atoms with E-state index in [1.165, 1.54) is 25.7 Å². The second-order valence-electron chi connectivity index (χ2n) is 6.04. The first-order valence-electron chi connectivity index (χ1n) is 8.74. The SMILES string of the molecule is CCCCCCC(CCC)OC1(C(=O)CC)C=CC=CC1. The average Bonchev–Trinajstić information content (AvgIpc) is 2.51. The molecule has 2 atom stereocenters. The molecule has 0 aromatic rings. The number of unbranched alkanes of at least 4 members (excludes halogenated alkanes) is 3. The zero-order chi connectivity index (χ0) is 15.6. The van der Waals surface area contributed by atoms with Gasteiger partial charge in [0.2, 0.25) is 0 Å². The molecule has 0 radical (unpaired) electrons. The molecule has 0 aliphatic heterocycles. The number of ketones is 1. The van der Waals surface area contributed by atoms with E-state index in [0.29, 0.717) is 12.8 Å². The third-order valence-electron chi connectivity index (χ3n) is 4.19. The summed E-state index contributed by atoms with van der Waals surface area (Å²) in [5.41, 5.74) is -0.700. The fourth-order valence-corrected chi connectivity index (χ4v) is 2.94. The lowest BCUT2D eigenvalue weighted by Crippen LogP contribution is -2.43. The Kier molecular flexibility index (Phi) is 8.60. The van der Waals surface area contributed by atoms with Gasteiger partial charge < -0.3 is 4.74 Å². The number of Topliss-reactive ketones (excluding diaryl/α,β-unsaturated/α-hetero) is 1. The van der Waals surface area contributed by atoms with Gasteiger partial charge >= 0.3 is 0 Å². The third kappa shape index (κ3) is 5.78. The van der Waals surface area contributed by atoms with Crippen LogP contribution in [0.5, 0.6) is 0 Å². The summed E-state index contributed by atoms with van der Waals surface area (Å²) in [4.78, 5) is 12.4. The Balaban J connectivity index is 2.66. The fraction of sp³-hybridized carbons (Fsp3) is 0.737. The topological polar surface area (TPSA) is 26.3 Å². The van der Waals surface area contributed by atoms with E-state index in [0.717, 1.165) is 19.3 Å². The Labute approximate surface area is 130 Å². The summed E-state index contributed by atoms with van der Waals surface area (Å²) in [7, 11) is 0. The predicted molar refractivity (Wildman–Crippen MR) is 89.5 cm³/mol. The molecule has 0 saturated carbocycles. The summed E-state index contributed by atoms with van der Waals surface area (Å²) in [5.74, 6) is 0.206. The van der Waals surface area contributed by atoms with Crippen LogP contribution < -0.4 is 0 Å². The highest BCUT2D eigenvalue weighted by atomic mass is 16.5. The molecular formula is C19H32O2. The third-order valence-corrected chi connectivity index (χ3v) is 4.19. The van der Waals surface area contributed by atoms with Crippen LogP contribution in [0.2, 0.25) is 0 Å². The molecule has 0 N–H and O–H groups in total. The minimum atomic E-state index is -0.700. The van der Waals surface area contributed by atoms with Gasteiger partial charge in [-0.05, 0) is 18.9 Å². The van der Waals surface area contributed by atoms with E-state index < -0.39 is 5.60 Å². The number of hydrogen-bond donors (Lipinski definition) is 0. The van der Waals surface area contributed by atoms with Crippen molar-refractivity contribution in [3.63, 3.8) is 0 Å². The highest BCUT2D eigenvalue weighted by Gasteiger charge is 2.37. The van der Waals surface area contributed by atoms with Crippen molar-refractivity contribution in [2.45, 2.75) is 90.3 Å². The summed E-state index contributed by atoms with van der Waals surface area (Å²) in [5, 5.41) is 0. The van der Waals surface area contributed by atoms with Crippen LogP contribution in [0.25, 0.3) is 0 Å². The number of carbonyl (C=O) groups is 1. The van der Waals surface area contributed by atoms with Gasteiger partial charge in [0, 0.05) is 12.8 Å². The largest absolute Gasteiger partial charge is 0.360 e. The minimum Gasteiger partial charge on any atom is -0.360 e. The monoisotopic (exact) mass is 292 g/mol. The van der Waals surface area contributed by atoms with Gasteiger partial charge in [0.15, 0.2) is 5.78 Å². The molecule has 2 nitrogen and oxygen atoms in total. The fourth-order valence-electron chi connectivity index (χ4n) is 2.94. The smallest absolute Gasteiger partial charge is 0.168 e. The Hall–Kier alpha value is -0.890. The molecule has 0 bridgehead atoms. The molecule has 120 valence electrons. The zero-order valence-corrected chi connectivity index (χ0v) is 14.1. The molecular weight excluding hydrogens is 260 g/mol. The zero-order valence-electron chi connectivity index (χ0n) is 14.1. The van der Waals surface area contributed by atoms with E-state index in [-0.39, 0.29) is 11.9 Å². The number of rotatable bonds is 11. The molecule has 0 fully saturated rings. The maximum atomic E-state index is 12.4. The number of allylic oxidation sites excluding steroid dienone is 2. The van der Waals surface area contributed by atoms with E-state index in [1.807, 2.05) is 31.2 Å². The van der Waals surface area contributed by atoms with E-state index in [9.17, 15) is 4.79 Å². The lowest BCUT2D eigenvalue weighted by molar-refractivity contribution is -0.145. The lowest BCUT2D eigenvalue weighted by Gasteiger charge is -2.34. The van der Waals surface area contributed by atoms with Gasteiger partial charge in [0.1, 0.15) is 5.60 Å². The molecule has 0 saturated heterocycles. The molecule has 1 aliphatic carbocycles. The standard InChI is InChI=1S/C19H32O2/c1-4-7-8-10-14-17(13-5-2)21-19(18(20)6-3)15-11-9-12-16-19/h9,11-12,15,17H,4-8,10,13-14,16H2,1-3H3. The first-order valence-corrected chi connectivity index (χ1v) is 8.74. The minimum absolute atomic E-state index is 0.206. The van der Waals surface area contributed by atoms with Crippen molar-refractivity contribution >= 4 is 5.78 Å². The highest BCUT2D eigenvalue weighted by Crippen LogP contribution is 2.29. The van der Waals surface area contributed by atoms with E-state index in [4.69, 9.17) is 4.74 Å². The van der Waals surface area contributed by atoms with Crippen LogP contribution in [-0.4, -0.2) is 17.5 Å². The van der Waals surface area contributed by atoms with Crippen molar-refractivity contribution in [1.29, 1.82) is 0 Å². The first-order chi connectivity index (χ1) is 10.2. The Bertz CT molecular complexity index is 357. The molecule has 0 aromatic heterocycles. The number of ether oxygens (including phenoxy) is 1. The second kappa shape index (κ2) is 9.94. The lowest BCUT2D eigenvalue weighted by atomic mass is 9.88. The van der Waals surface area contributed by atoms with E-state index >= 15 is 0 Å². The van der Waals surface area contributed by atoms with Gasteiger partial charge in [-0.3, -0.25) is 4.79 Å². The highest BCUT2D eigenvalue weighted by molar-refractivity contribution is 5.89. The first kappa shape index (κ1) is 18.2. The summed E-state index contributed by atoms with van der Waals surface area (Å²) in [6.45, 7) is 6.34. The van der Waals surface area contributed by atoms with E-state index in [2.05, 4.69) is 13.8 Å². The molecule has 0 aromatic carbocycles.